The molecule has 3 heterocycles. The fraction of sp³-hybridized carbons (Fsp3) is 0.167. The number of aliphatic carboxylic acids is 1. The van der Waals surface area contributed by atoms with Crippen LogP contribution in [0.3, 0.4) is 0 Å². The highest BCUT2D eigenvalue weighted by molar-refractivity contribution is 7.09. The molecule has 0 aliphatic rings. The van der Waals surface area contributed by atoms with E-state index < -0.39 is 5.97 Å². The summed E-state index contributed by atoms with van der Waals surface area (Å²) in [5.41, 5.74) is 3.57. The summed E-state index contributed by atoms with van der Waals surface area (Å²) in [4.78, 5) is 16.7. The largest absolute Gasteiger partial charge is 0.478 e. The van der Waals surface area contributed by atoms with Crippen molar-refractivity contribution in [2.45, 2.75) is 20.4 Å². The van der Waals surface area contributed by atoms with Gasteiger partial charge in [-0.2, -0.15) is 5.26 Å². The Labute approximate surface area is 143 Å². The van der Waals surface area contributed by atoms with E-state index >= 15 is 0 Å². The zero-order valence-corrected chi connectivity index (χ0v) is 14.1. The van der Waals surface area contributed by atoms with E-state index in [-0.39, 0.29) is 0 Å². The lowest BCUT2D eigenvalue weighted by atomic mass is 10.1. The number of aromatic nitrogens is 2. The number of rotatable bonds is 4. The van der Waals surface area contributed by atoms with Gasteiger partial charge in [0, 0.05) is 22.0 Å². The second-order valence-electron chi connectivity index (χ2n) is 5.49. The van der Waals surface area contributed by atoms with Gasteiger partial charge in [-0.3, -0.25) is 0 Å². The fourth-order valence-electron chi connectivity index (χ4n) is 2.85. The van der Waals surface area contributed by atoms with Crippen molar-refractivity contribution in [1.29, 1.82) is 5.26 Å². The molecule has 0 saturated carbocycles. The highest BCUT2D eigenvalue weighted by Gasteiger charge is 2.19. The second-order valence-corrected chi connectivity index (χ2v) is 6.52. The maximum atomic E-state index is 10.9. The average Bonchev–Trinajstić information content (AvgIpc) is 3.12. The number of hydrogen-bond acceptors (Lipinski definition) is 4. The number of pyridine rings is 1. The Morgan fingerprint density at radius 3 is 2.92 bits per heavy atom. The number of carboxylic acids is 1. The average molecular weight is 337 g/mol. The molecular weight excluding hydrogens is 322 g/mol. The molecule has 0 radical (unpaired) electrons. The van der Waals surface area contributed by atoms with Crippen molar-refractivity contribution >= 4 is 34.4 Å². The molecular formula is C18H15N3O2S. The van der Waals surface area contributed by atoms with E-state index in [2.05, 4.69) is 11.1 Å². The molecule has 0 aliphatic heterocycles. The molecule has 0 bridgehead atoms. The lowest BCUT2D eigenvalue weighted by molar-refractivity contribution is -0.131. The normalized spacial score (nSPS) is 11.2. The van der Waals surface area contributed by atoms with Crippen LogP contribution in [0.5, 0.6) is 0 Å². The van der Waals surface area contributed by atoms with Gasteiger partial charge >= 0.3 is 5.97 Å². The Balaban J connectivity index is 2.34. The molecule has 0 spiro atoms. The van der Waals surface area contributed by atoms with E-state index in [0.717, 1.165) is 27.6 Å². The van der Waals surface area contributed by atoms with Crippen LogP contribution >= 0.6 is 11.3 Å². The minimum Gasteiger partial charge on any atom is -0.478 e. The number of hydrogen-bond donors (Lipinski definition) is 1. The van der Waals surface area contributed by atoms with Gasteiger partial charge in [-0.25, -0.2) is 9.78 Å². The molecule has 3 aromatic rings. The first-order valence-electron chi connectivity index (χ1n) is 7.35. The summed E-state index contributed by atoms with van der Waals surface area (Å²) < 4.78 is 1.92. The monoisotopic (exact) mass is 337 g/mol. The second kappa shape index (κ2) is 6.30. The number of aryl methyl sites for hydroxylation is 2. The van der Waals surface area contributed by atoms with E-state index in [1.54, 1.807) is 11.3 Å². The molecule has 3 aromatic heterocycles. The summed E-state index contributed by atoms with van der Waals surface area (Å²) in [5.74, 6) is -1.05. The van der Waals surface area contributed by atoms with Crippen molar-refractivity contribution in [1.82, 2.24) is 9.55 Å². The van der Waals surface area contributed by atoms with Crippen LogP contribution in [-0.4, -0.2) is 20.6 Å². The predicted molar refractivity (Wildman–Crippen MR) is 94.0 cm³/mol. The molecule has 0 amide bonds. The van der Waals surface area contributed by atoms with Crippen molar-refractivity contribution in [2.24, 2.45) is 0 Å². The van der Waals surface area contributed by atoms with Gasteiger partial charge in [0.2, 0.25) is 0 Å². The zero-order valence-electron chi connectivity index (χ0n) is 13.3. The number of nitrogens with zero attached hydrogens (tertiary/aromatic N) is 3. The van der Waals surface area contributed by atoms with Crippen LogP contribution in [0.2, 0.25) is 0 Å². The summed E-state index contributed by atoms with van der Waals surface area (Å²) in [6, 6.07) is 8.13. The number of carbonyl (C=O) groups is 1. The van der Waals surface area contributed by atoms with Gasteiger partial charge in [0.05, 0.1) is 17.8 Å². The van der Waals surface area contributed by atoms with E-state index in [4.69, 9.17) is 5.11 Å². The first kappa shape index (κ1) is 16.0. The van der Waals surface area contributed by atoms with Crippen LogP contribution in [0.4, 0.5) is 0 Å². The highest BCUT2D eigenvalue weighted by atomic mass is 32.1. The van der Waals surface area contributed by atoms with Gasteiger partial charge in [-0.05, 0) is 43.0 Å². The zero-order chi connectivity index (χ0) is 17.3. The Morgan fingerprint density at radius 2 is 2.29 bits per heavy atom. The first-order chi connectivity index (χ1) is 11.5. The van der Waals surface area contributed by atoms with Crippen LogP contribution in [0.25, 0.3) is 17.1 Å². The highest BCUT2D eigenvalue weighted by Crippen LogP contribution is 2.30. The summed E-state index contributed by atoms with van der Waals surface area (Å²) >= 11 is 1.61. The lowest BCUT2D eigenvalue weighted by Gasteiger charge is -2.07. The van der Waals surface area contributed by atoms with Crippen LogP contribution in [0, 0.1) is 25.2 Å². The Kier molecular flexibility index (Phi) is 4.19. The molecule has 24 heavy (non-hydrogen) atoms. The maximum Gasteiger partial charge on any atom is 0.328 e. The smallest absolute Gasteiger partial charge is 0.328 e. The predicted octanol–water partition coefficient (Wildman–Crippen LogP) is 3.73. The van der Waals surface area contributed by atoms with E-state index in [1.165, 1.54) is 6.08 Å². The third kappa shape index (κ3) is 2.82. The van der Waals surface area contributed by atoms with Crippen molar-refractivity contribution < 1.29 is 9.90 Å². The molecule has 5 nitrogen and oxygen atoms in total. The van der Waals surface area contributed by atoms with Crippen molar-refractivity contribution in [3.63, 3.8) is 0 Å². The third-order valence-corrected chi connectivity index (χ3v) is 4.63. The fourth-order valence-corrected chi connectivity index (χ4v) is 3.55. The minimum atomic E-state index is -1.05. The first-order valence-corrected chi connectivity index (χ1v) is 8.23. The maximum absolute atomic E-state index is 10.9. The van der Waals surface area contributed by atoms with E-state index in [1.807, 2.05) is 42.0 Å². The van der Waals surface area contributed by atoms with Crippen molar-refractivity contribution in [2.75, 3.05) is 0 Å². The Bertz CT molecular complexity index is 992. The lowest BCUT2D eigenvalue weighted by Crippen LogP contribution is -2.03. The summed E-state index contributed by atoms with van der Waals surface area (Å²) in [6.45, 7) is 4.40. The summed E-state index contributed by atoms with van der Waals surface area (Å²) in [5, 5.41) is 21.4. The topological polar surface area (TPSA) is 78.9 Å². The molecule has 0 aromatic carbocycles. The van der Waals surface area contributed by atoms with Crippen molar-refractivity contribution in [3.05, 3.63) is 57.0 Å². The molecule has 0 unspecified atom stereocenters. The molecule has 0 aliphatic carbocycles. The molecule has 3 rings (SSSR count). The molecule has 6 heteroatoms. The molecule has 0 atom stereocenters. The number of thiophene rings is 1. The van der Waals surface area contributed by atoms with Gasteiger partial charge < -0.3 is 9.67 Å². The van der Waals surface area contributed by atoms with Gasteiger partial charge in [0.1, 0.15) is 11.7 Å². The van der Waals surface area contributed by atoms with Gasteiger partial charge in [0.15, 0.2) is 0 Å². The number of carboxylic acid groups (broad SMARTS) is 1. The third-order valence-electron chi connectivity index (χ3n) is 3.77. The minimum absolute atomic E-state index is 0.462. The molecule has 120 valence electrons. The number of fused-ring (bicyclic) bond motifs is 1. The van der Waals surface area contributed by atoms with Gasteiger partial charge in [-0.1, -0.05) is 6.07 Å². The van der Waals surface area contributed by atoms with E-state index in [0.29, 0.717) is 23.4 Å². The SMILES string of the molecule is Cc1cc(C)c2c(C#N)c(C=CC(=O)O)n(Cc3cccs3)c2n1. The number of nitriles is 1. The summed E-state index contributed by atoms with van der Waals surface area (Å²) in [7, 11) is 0. The standard InChI is InChI=1S/C18H15N3O2S/c1-11-8-12(2)20-18-17(11)14(9-19)15(5-6-16(22)23)21(18)10-13-4-3-7-24-13/h3-8H,10H2,1-2H3,(H,22,23). The molecule has 1 N–H and O–H groups in total. The van der Waals surface area contributed by atoms with Gasteiger partial charge in [-0.15, -0.1) is 11.3 Å². The quantitative estimate of drug-likeness (QED) is 0.736. The Morgan fingerprint density at radius 1 is 1.50 bits per heavy atom. The Hall–Kier alpha value is -2.91. The van der Waals surface area contributed by atoms with Crippen molar-refractivity contribution in [3.8, 4) is 6.07 Å². The van der Waals surface area contributed by atoms with Gasteiger partial charge in [0.25, 0.3) is 0 Å². The molecule has 0 saturated heterocycles. The van der Waals surface area contributed by atoms with Crippen LogP contribution in [0.15, 0.2) is 29.7 Å². The van der Waals surface area contributed by atoms with Crippen LogP contribution < -0.4 is 0 Å². The van der Waals surface area contributed by atoms with Crippen LogP contribution in [-0.2, 0) is 11.3 Å². The molecule has 0 fully saturated rings. The van der Waals surface area contributed by atoms with E-state index in [9.17, 15) is 10.1 Å². The van der Waals surface area contributed by atoms with Crippen LogP contribution in [0.1, 0.15) is 27.4 Å². The summed E-state index contributed by atoms with van der Waals surface area (Å²) in [6.07, 6.45) is 2.53.